The van der Waals surface area contributed by atoms with E-state index in [0.717, 1.165) is 12.2 Å². The lowest BCUT2D eigenvalue weighted by Gasteiger charge is -2.41. The van der Waals surface area contributed by atoms with Crippen molar-refractivity contribution in [2.75, 3.05) is 24.6 Å². The monoisotopic (exact) mass is 306 g/mol. The third-order valence-electron chi connectivity index (χ3n) is 3.76. The van der Waals surface area contributed by atoms with Crippen molar-refractivity contribution in [2.24, 2.45) is 0 Å². The first-order valence-corrected chi connectivity index (χ1v) is 8.38. The standard InChI is InChI=1S/C16H22N2O2S/c1-16(2)15(20)17-9-10-18(16)14(19)12-21-11-8-13-6-4-3-5-7-13/h3-7H,8-12H2,1-2H3,(H,17,20). The number of nitrogens with zero attached hydrogens (tertiary/aromatic N) is 1. The summed E-state index contributed by atoms with van der Waals surface area (Å²) in [6, 6.07) is 10.3. The van der Waals surface area contributed by atoms with Crippen molar-refractivity contribution in [2.45, 2.75) is 25.8 Å². The molecule has 1 aliphatic rings. The lowest BCUT2D eigenvalue weighted by atomic mass is 9.99. The van der Waals surface area contributed by atoms with Crippen LogP contribution in [-0.2, 0) is 16.0 Å². The van der Waals surface area contributed by atoms with Crippen LogP contribution in [0.2, 0.25) is 0 Å². The molecule has 0 saturated carbocycles. The topological polar surface area (TPSA) is 49.4 Å². The zero-order valence-electron chi connectivity index (χ0n) is 12.6. The highest BCUT2D eigenvalue weighted by Crippen LogP contribution is 2.19. The molecule has 4 nitrogen and oxygen atoms in total. The van der Waals surface area contributed by atoms with Crippen molar-refractivity contribution in [3.63, 3.8) is 0 Å². The quantitative estimate of drug-likeness (QED) is 0.842. The van der Waals surface area contributed by atoms with Crippen LogP contribution in [0.3, 0.4) is 0 Å². The Labute approximate surface area is 130 Å². The van der Waals surface area contributed by atoms with Crippen molar-refractivity contribution >= 4 is 23.6 Å². The lowest BCUT2D eigenvalue weighted by Crippen LogP contribution is -2.63. The number of carbonyl (C=O) groups excluding carboxylic acids is 2. The average molecular weight is 306 g/mol. The smallest absolute Gasteiger partial charge is 0.245 e. The summed E-state index contributed by atoms with van der Waals surface area (Å²) in [6.45, 7) is 4.74. The van der Waals surface area contributed by atoms with E-state index < -0.39 is 5.54 Å². The van der Waals surface area contributed by atoms with Crippen molar-refractivity contribution in [3.05, 3.63) is 35.9 Å². The molecule has 2 amide bonds. The van der Waals surface area contributed by atoms with Gasteiger partial charge >= 0.3 is 0 Å². The number of aryl methyl sites for hydroxylation is 1. The van der Waals surface area contributed by atoms with Crippen LogP contribution in [-0.4, -0.2) is 46.8 Å². The molecular formula is C16H22N2O2S. The predicted octanol–water partition coefficient (Wildman–Crippen LogP) is 1.70. The van der Waals surface area contributed by atoms with E-state index in [-0.39, 0.29) is 11.8 Å². The van der Waals surface area contributed by atoms with Crippen LogP contribution in [0.1, 0.15) is 19.4 Å². The Morgan fingerprint density at radius 1 is 1.33 bits per heavy atom. The molecule has 1 aromatic carbocycles. The fraction of sp³-hybridized carbons (Fsp3) is 0.500. The number of rotatable bonds is 5. The van der Waals surface area contributed by atoms with E-state index in [0.29, 0.717) is 18.8 Å². The number of piperazine rings is 1. The number of benzene rings is 1. The summed E-state index contributed by atoms with van der Waals surface area (Å²) in [7, 11) is 0. The van der Waals surface area contributed by atoms with Crippen LogP contribution in [0.4, 0.5) is 0 Å². The molecule has 1 N–H and O–H groups in total. The maximum atomic E-state index is 12.3. The molecule has 21 heavy (non-hydrogen) atoms. The molecule has 1 aromatic rings. The number of amides is 2. The van der Waals surface area contributed by atoms with Gasteiger partial charge in [-0.15, -0.1) is 0 Å². The summed E-state index contributed by atoms with van der Waals surface area (Å²) < 4.78 is 0. The molecule has 1 saturated heterocycles. The van der Waals surface area contributed by atoms with Gasteiger partial charge < -0.3 is 10.2 Å². The van der Waals surface area contributed by atoms with E-state index in [4.69, 9.17) is 0 Å². The number of hydrogen-bond donors (Lipinski definition) is 1. The molecule has 114 valence electrons. The minimum atomic E-state index is -0.741. The highest BCUT2D eigenvalue weighted by atomic mass is 32.2. The maximum Gasteiger partial charge on any atom is 0.245 e. The second-order valence-corrected chi connectivity index (χ2v) is 6.75. The average Bonchev–Trinajstić information content (AvgIpc) is 2.47. The van der Waals surface area contributed by atoms with Gasteiger partial charge in [0.1, 0.15) is 5.54 Å². The second kappa shape index (κ2) is 6.98. The van der Waals surface area contributed by atoms with Gasteiger partial charge in [-0.3, -0.25) is 9.59 Å². The summed E-state index contributed by atoms with van der Waals surface area (Å²) in [5, 5.41) is 2.81. The van der Waals surface area contributed by atoms with E-state index in [1.54, 1.807) is 30.5 Å². The first kappa shape index (κ1) is 15.9. The van der Waals surface area contributed by atoms with Crippen molar-refractivity contribution < 1.29 is 9.59 Å². The Balaban J connectivity index is 1.78. The van der Waals surface area contributed by atoms with Crippen LogP contribution in [0.25, 0.3) is 0 Å². The Kier molecular flexibility index (Phi) is 5.28. The van der Waals surface area contributed by atoms with E-state index in [1.807, 2.05) is 18.2 Å². The van der Waals surface area contributed by atoms with Gasteiger partial charge in [0.15, 0.2) is 0 Å². The fourth-order valence-corrected chi connectivity index (χ4v) is 3.26. The predicted molar refractivity (Wildman–Crippen MR) is 86.3 cm³/mol. The van der Waals surface area contributed by atoms with Gasteiger partial charge in [-0.2, -0.15) is 11.8 Å². The molecule has 0 bridgehead atoms. The summed E-state index contributed by atoms with van der Waals surface area (Å²) in [4.78, 5) is 25.8. The summed E-state index contributed by atoms with van der Waals surface area (Å²) >= 11 is 1.63. The van der Waals surface area contributed by atoms with Gasteiger partial charge in [0.25, 0.3) is 0 Å². The van der Waals surface area contributed by atoms with Crippen LogP contribution in [0.15, 0.2) is 30.3 Å². The minimum absolute atomic E-state index is 0.0490. The van der Waals surface area contributed by atoms with Crippen molar-refractivity contribution in [1.82, 2.24) is 10.2 Å². The van der Waals surface area contributed by atoms with E-state index in [2.05, 4.69) is 17.4 Å². The molecule has 1 aliphatic heterocycles. The molecule has 0 unspecified atom stereocenters. The summed E-state index contributed by atoms with van der Waals surface area (Å²) in [6.07, 6.45) is 0.961. The number of hydrogen-bond acceptors (Lipinski definition) is 3. The fourth-order valence-electron chi connectivity index (χ4n) is 2.41. The summed E-state index contributed by atoms with van der Waals surface area (Å²) in [5.41, 5.74) is 0.546. The van der Waals surface area contributed by atoms with Gasteiger partial charge in [0.2, 0.25) is 11.8 Å². The van der Waals surface area contributed by atoms with Gasteiger partial charge in [-0.1, -0.05) is 30.3 Å². The third-order valence-corrected chi connectivity index (χ3v) is 4.70. The SMILES string of the molecule is CC1(C)C(=O)NCCN1C(=O)CSCCc1ccccc1. The van der Waals surface area contributed by atoms with Gasteiger partial charge in [-0.25, -0.2) is 0 Å². The molecule has 0 spiro atoms. The van der Waals surface area contributed by atoms with Crippen LogP contribution in [0, 0.1) is 0 Å². The first-order valence-electron chi connectivity index (χ1n) is 7.22. The van der Waals surface area contributed by atoms with Gasteiger partial charge in [0, 0.05) is 13.1 Å². The van der Waals surface area contributed by atoms with Crippen molar-refractivity contribution in [3.8, 4) is 0 Å². The van der Waals surface area contributed by atoms with Crippen LogP contribution in [0.5, 0.6) is 0 Å². The number of nitrogens with one attached hydrogen (secondary N) is 1. The molecule has 0 aliphatic carbocycles. The second-order valence-electron chi connectivity index (χ2n) is 5.65. The summed E-state index contributed by atoms with van der Waals surface area (Å²) in [5.74, 6) is 1.32. The van der Waals surface area contributed by atoms with Crippen LogP contribution < -0.4 is 5.32 Å². The van der Waals surface area contributed by atoms with Gasteiger partial charge in [0.05, 0.1) is 5.75 Å². The Hall–Kier alpha value is -1.49. The molecule has 2 rings (SSSR count). The molecule has 5 heteroatoms. The highest BCUT2D eigenvalue weighted by Gasteiger charge is 2.39. The molecule has 0 atom stereocenters. The molecule has 0 aromatic heterocycles. The van der Waals surface area contributed by atoms with Gasteiger partial charge in [-0.05, 0) is 31.6 Å². The third kappa shape index (κ3) is 4.00. The minimum Gasteiger partial charge on any atom is -0.352 e. The largest absolute Gasteiger partial charge is 0.352 e. The van der Waals surface area contributed by atoms with E-state index >= 15 is 0 Å². The number of carbonyl (C=O) groups is 2. The number of thioether (sulfide) groups is 1. The van der Waals surface area contributed by atoms with E-state index in [9.17, 15) is 9.59 Å². The normalized spacial score (nSPS) is 17.4. The Morgan fingerprint density at radius 2 is 2.05 bits per heavy atom. The lowest BCUT2D eigenvalue weighted by molar-refractivity contribution is -0.147. The maximum absolute atomic E-state index is 12.3. The first-order chi connectivity index (χ1) is 10.0. The van der Waals surface area contributed by atoms with E-state index in [1.165, 1.54) is 5.56 Å². The molecular weight excluding hydrogens is 284 g/mol. The molecule has 0 radical (unpaired) electrons. The van der Waals surface area contributed by atoms with Crippen molar-refractivity contribution in [1.29, 1.82) is 0 Å². The Morgan fingerprint density at radius 3 is 2.76 bits per heavy atom. The highest BCUT2D eigenvalue weighted by molar-refractivity contribution is 7.99. The zero-order valence-corrected chi connectivity index (χ0v) is 13.4. The Bertz CT molecular complexity index is 502. The zero-order chi connectivity index (χ0) is 15.3. The van der Waals surface area contributed by atoms with Crippen LogP contribution >= 0.6 is 11.8 Å². The molecule has 1 fully saturated rings. The molecule has 1 heterocycles.